The number of nitrogens with zero attached hydrogens (tertiary/aromatic N) is 1. The van der Waals surface area contributed by atoms with Gasteiger partial charge in [0, 0.05) is 31.8 Å². The molecular formula is C16H24FN3O2S. The highest BCUT2D eigenvalue weighted by Gasteiger charge is 2.44. The Bertz CT molecular complexity index is 670. The van der Waals surface area contributed by atoms with Crippen LogP contribution in [-0.4, -0.2) is 46.5 Å². The maximum atomic E-state index is 13.4. The van der Waals surface area contributed by atoms with Crippen LogP contribution >= 0.6 is 0 Å². The van der Waals surface area contributed by atoms with Crippen molar-refractivity contribution in [3.63, 3.8) is 0 Å². The van der Waals surface area contributed by atoms with Crippen molar-refractivity contribution in [2.45, 2.75) is 24.7 Å². The minimum Gasteiger partial charge on any atom is -0.356 e. The lowest BCUT2D eigenvalue weighted by molar-refractivity contribution is 0.596. The van der Waals surface area contributed by atoms with Crippen LogP contribution in [0.2, 0.25) is 0 Å². The molecule has 2 rings (SSSR count). The molecule has 1 aliphatic carbocycles. The van der Waals surface area contributed by atoms with Gasteiger partial charge in [-0.15, -0.1) is 0 Å². The molecule has 0 radical (unpaired) electrons. The first-order chi connectivity index (χ1) is 10.8. The van der Waals surface area contributed by atoms with Gasteiger partial charge < -0.3 is 10.6 Å². The fraction of sp³-hybridized carbons (Fsp3) is 0.562. The van der Waals surface area contributed by atoms with Crippen molar-refractivity contribution in [1.29, 1.82) is 0 Å². The third kappa shape index (κ3) is 5.49. The van der Waals surface area contributed by atoms with Gasteiger partial charge in [0.25, 0.3) is 0 Å². The molecule has 0 bridgehead atoms. The zero-order valence-electron chi connectivity index (χ0n) is 13.6. The van der Waals surface area contributed by atoms with E-state index in [-0.39, 0.29) is 17.0 Å². The first-order valence-electron chi connectivity index (χ1n) is 7.73. The Kier molecular flexibility index (Phi) is 5.62. The van der Waals surface area contributed by atoms with Crippen LogP contribution in [0, 0.1) is 5.82 Å². The quantitative estimate of drug-likeness (QED) is 0.447. The van der Waals surface area contributed by atoms with Crippen LogP contribution in [0.1, 0.15) is 24.8 Å². The van der Waals surface area contributed by atoms with E-state index in [1.807, 2.05) is 6.07 Å². The van der Waals surface area contributed by atoms with Gasteiger partial charge in [0.05, 0.1) is 5.75 Å². The number of hydrogen-bond acceptors (Lipinski definition) is 3. The van der Waals surface area contributed by atoms with Crippen molar-refractivity contribution < 1.29 is 12.8 Å². The Morgan fingerprint density at radius 2 is 2.09 bits per heavy atom. The second-order valence-electron chi connectivity index (χ2n) is 6.13. The fourth-order valence-corrected chi connectivity index (χ4v) is 3.22. The number of hydrogen-bond donors (Lipinski definition) is 2. The predicted octanol–water partition coefficient (Wildman–Crippen LogP) is 1.46. The van der Waals surface area contributed by atoms with Crippen LogP contribution < -0.4 is 10.6 Å². The van der Waals surface area contributed by atoms with E-state index < -0.39 is 9.84 Å². The molecular weight excluding hydrogens is 317 g/mol. The summed E-state index contributed by atoms with van der Waals surface area (Å²) in [7, 11) is -1.26. The summed E-state index contributed by atoms with van der Waals surface area (Å²) in [6.45, 7) is 1.22. The summed E-state index contributed by atoms with van der Waals surface area (Å²) in [5, 5.41) is 6.36. The minimum atomic E-state index is -2.93. The van der Waals surface area contributed by atoms with Crippen LogP contribution in [0.3, 0.4) is 0 Å². The molecule has 1 aromatic rings. The molecule has 5 nitrogen and oxygen atoms in total. The smallest absolute Gasteiger partial charge is 0.191 e. The molecule has 0 amide bonds. The third-order valence-electron chi connectivity index (χ3n) is 4.09. The summed E-state index contributed by atoms with van der Waals surface area (Å²) < 4.78 is 35.6. The minimum absolute atomic E-state index is 0.0214. The highest BCUT2D eigenvalue weighted by molar-refractivity contribution is 7.90. The fourth-order valence-electron chi connectivity index (χ4n) is 2.55. The molecule has 1 saturated carbocycles. The molecule has 0 spiro atoms. The lowest BCUT2D eigenvalue weighted by Gasteiger charge is -2.19. The largest absolute Gasteiger partial charge is 0.356 e. The monoisotopic (exact) mass is 341 g/mol. The van der Waals surface area contributed by atoms with Crippen LogP contribution in [-0.2, 0) is 15.3 Å². The number of halogens is 1. The van der Waals surface area contributed by atoms with Crippen molar-refractivity contribution in [2.75, 3.05) is 32.1 Å². The van der Waals surface area contributed by atoms with E-state index in [0.717, 1.165) is 18.4 Å². The van der Waals surface area contributed by atoms with Gasteiger partial charge in [0.2, 0.25) is 0 Å². The number of nitrogens with one attached hydrogen (secondary N) is 2. The number of aliphatic imine (C=N–C) groups is 1. The Morgan fingerprint density at radius 1 is 1.35 bits per heavy atom. The van der Waals surface area contributed by atoms with Gasteiger partial charge in [0.15, 0.2) is 5.96 Å². The molecule has 2 N–H and O–H groups in total. The van der Waals surface area contributed by atoms with Gasteiger partial charge in [-0.2, -0.15) is 0 Å². The first-order valence-corrected chi connectivity index (χ1v) is 9.79. The van der Waals surface area contributed by atoms with Crippen molar-refractivity contribution in [3.05, 3.63) is 35.6 Å². The number of sulfone groups is 1. The number of guanidine groups is 1. The topological polar surface area (TPSA) is 70.6 Å². The van der Waals surface area contributed by atoms with Gasteiger partial charge in [0.1, 0.15) is 15.7 Å². The molecule has 0 aromatic heterocycles. The molecule has 0 unspecified atom stereocenters. The van der Waals surface area contributed by atoms with E-state index in [1.165, 1.54) is 12.3 Å². The molecule has 23 heavy (non-hydrogen) atoms. The first kappa shape index (κ1) is 17.7. The average molecular weight is 341 g/mol. The third-order valence-corrected chi connectivity index (χ3v) is 5.12. The number of rotatable bonds is 7. The van der Waals surface area contributed by atoms with E-state index in [0.29, 0.717) is 25.5 Å². The van der Waals surface area contributed by atoms with Gasteiger partial charge in [-0.25, -0.2) is 12.8 Å². The SMILES string of the molecule is CN=C(NCCCS(C)(=O)=O)NCC1(c2cccc(F)c2)CC1. The molecule has 128 valence electrons. The lowest BCUT2D eigenvalue weighted by atomic mass is 9.96. The van der Waals surface area contributed by atoms with E-state index in [2.05, 4.69) is 15.6 Å². The summed E-state index contributed by atoms with van der Waals surface area (Å²) in [4.78, 5) is 4.14. The average Bonchev–Trinajstić information content (AvgIpc) is 3.27. The normalized spacial score (nSPS) is 16.9. The molecule has 1 aliphatic rings. The zero-order chi connectivity index (χ0) is 16.9. The second-order valence-corrected chi connectivity index (χ2v) is 8.39. The van der Waals surface area contributed by atoms with Gasteiger partial charge in [-0.1, -0.05) is 12.1 Å². The van der Waals surface area contributed by atoms with E-state index in [4.69, 9.17) is 0 Å². The Hall–Kier alpha value is -1.63. The van der Waals surface area contributed by atoms with Gasteiger partial charge in [-0.3, -0.25) is 4.99 Å². The van der Waals surface area contributed by atoms with Gasteiger partial charge >= 0.3 is 0 Å². The molecule has 1 aromatic carbocycles. The summed E-state index contributed by atoms with van der Waals surface area (Å²) in [5.41, 5.74) is 0.990. The summed E-state index contributed by atoms with van der Waals surface area (Å²) in [6.07, 6.45) is 3.81. The van der Waals surface area contributed by atoms with Crippen LogP contribution in [0.25, 0.3) is 0 Å². The summed E-state index contributed by atoms with van der Waals surface area (Å²) in [6, 6.07) is 6.75. The van der Waals surface area contributed by atoms with E-state index >= 15 is 0 Å². The van der Waals surface area contributed by atoms with E-state index in [1.54, 1.807) is 19.2 Å². The van der Waals surface area contributed by atoms with Crippen LogP contribution in [0.4, 0.5) is 4.39 Å². The van der Waals surface area contributed by atoms with Crippen molar-refractivity contribution in [1.82, 2.24) is 10.6 Å². The molecule has 0 heterocycles. The molecule has 0 atom stereocenters. The molecule has 1 fully saturated rings. The Morgan fingerprint density at radius 3 is 2.65 bits per heavy atom. The van der Waals surface area contributed by atoms with Crippen LogP contribution in [0.15, 0.2) is 29.3 Å². The molecule has 0 saturated heterocycles. The Balaban J connectivity index is 1.82. The lowest BCUT2D eigenvalue weighted by Crippen LogP contribution is -2.41. The maximum absolute atomic E-state index is 13.4. The van der Waals surface area contributed by atoms with E-state index in [9.17, 15) is 12.8 Å². The van der Waals surface area contributed by atoms with Crippen molar-refractivity contribution in [2.24, 2.45) is 4.99 Å². The molecule has 0 aliphatic heterocycles. The zero-order valence-corrected chi connectivity index (χ0v) is 14.4. The standard InChI is InChI=1S/C16H24FN3O2S/c1-18-15(19-9-4-10-23(2,21)22)20-12-16(7-8-16)13-5-3-6-14(17)11-13/h3,5-6,11H,4,7-10,12H2,1-2H3,(H2,18,19,20). The van der Waals surface area contributed by atoms with Gasteiger partial charge in [-0.05, 0) is 37.0 Å². The highest BCUT2D eigenvalue weighted by atomic mass is 32.2. The summed E-state index contributed by atoms with van der Waals surface area (Å²) >= 11 is 0. The summed E-state index contributed by atoms with van der Waals surface area (Å²) in [5.74, 6) is 0.586. The van der Waals surface area contributed by atoms with Crippen molar-refractivity contribution in [3.8, 4) is 0 Å². The highest BCUT2D eigenvalue weighted by Crippen LogP contribution is 2.47. The molecule has 7 heteroatoms. The van der Waals surface area contributed by atoms with Crippen molar-refractivity contribution >= 4 is 15.8 Å². The maximum Gasteiger partial charge on any atom is 0.191 e. The van der Waals surface area contributed by atoms with Crippen LogP contribution in [0.5, 0.6) is 0 Å². The second kappa shape index (κ2) is 7.29. The predicted molar refractivity (Wildman–Crippen MR) is 91.0 cm³/mol. The Labute approximate surface area is 137 Å². The number of benzene rings is 1.